The average molecular weight is 389 g/mol. The van der Waals surface area contributed by atoms with E-state index in [1.807, 2.05) is 0 Å². The molecule has 0 heterocycles. The van der Waals surface area contributed by atoms with E-state index in [0.717, 1.165) is 50.7 Å². The highest BCUT2D eigenvalue weighted by atomic mass is 16.3. The molecule has 0 aliphatic rings. The Balaban J connectivity index is 2.04. The van der Waals surface area contributed by atoms with Crippen LogP contribution in [0.1, 0.15) is 94.3 Å². The third-order valence-electron chi connectivity index (χ3n) is 4.71. The minimum atomic E-state index is -0.369. The van der Waals surface area contributed by atoms with Gasteiger partial charge in [0.15, 0.2) is 5.78 Å². The van der Waals surface area contributed by atoms with Crippen molar-refractivity contribution >= 4 is 5.78 Å². The Bertz CT molecular complexity index is 608. The molecule has 4 nitrogen and oxygen atoms in total. The fraction of sp³-hybridized carbons (Fsp3) is 0.542. The Morgan fingerprint density at radius 2 is 1.32 bits per heavy atom. The average Bonchev–Trinajstić information content (AvgIpc) is 2.64. The van der Waals surface area contributed by atoms with Gasteiger partial charge in [-0.1, -0.05) is 69.8 Å². The van der Waals surface area contributed by atoms with Crippen LogP contribution in [0.2, 0.25) is 0 Å². The van der Waals surface area contributed by atoms with Crippen LogP contribution >= 0.6 is 0 Å². The molecule has 1 rings (SSSR count). The Hall–Kier alpha value is -2.23. The van der Waals surface area contributed by atoms with Gasteiger partial charge in [0.1, 0.15) is 22.8 Å². The summed E-state index contributed by atoms with van der Waals surface area (Å²) < 4.78 is 0. The summed E-state index contributed by atoms with van der Waals surface area (Å²) in [6.45, 7) is 2.21. The summed E-state index contributed by atoms with van der Waals surface area (Å²) in [5.41, 5.74) is -0.0928. The Morgan fingerprint density at radius 1 is 0.786 bits per heavy atom. The number of aromatic hydroxyl groups is 3. The molecule has 0 amide bonds. The van der Waals surface area contributed by atoms with Gasteiger partial charge in [-0.05, 0) is 32.1 Å². The predicted molar refractivity (Wildman–Crippen MR) is 115 cm³/mol. The standard InChI is InChI=1S/C24H36O4/c1-2-3-4-5-6-7-8-9-10-11-12-13-14-15-16-17-21(26)24-22(27)18-20(25)19-23(24)28/h5-6,8-9,18-19,25,27-28H,2-4,7,10-17H2,1H3. The fourth-order valence-electron chi connectivity index (χ4n) is 3.09. The minimum Gasteiger partial charge on any atom is -0.508 e. The molecular formula is C24H36O4. The maximum atomic E-state index is 12.1. The van der Waals surface area contributed by atoms with E-state index in [0.29, 0.717) is 6.42 Å². The summed E-state index contributed by atoms with van der Waals surface area (Å²) in [4.78, 5) is 12.1. The number of phenolic OH excluding ortho intramolecular Hbond substituents is 3. The van der Waals surface area contributed by atoms with Crippen LogP contribution in [-0.4, -0.2) is 21.1 Å². The first-order valence-corrected chi connectivity index (χ1v) is 10.6. The van der Waals surface area contributed by atoms with Crippen molar-refractivity contribution in [1.82, 2.24) is 0 Å². The zero-order valence-electron chi connectivity index (χ0n) is 17.2. The summed E-state index contributed by atoms with van der Waals surface area (Å²) in [5.74, 6) is -1.28. The smallest absolute Gasteiger partial charge is 0.170 e. The summed E-state index contributed by atoms with van der Waals surface area (Å²) in [6, 6.07) is 2.15. The third kappa shape index (κ3) is 10.2. The van der Waals surface area contributed by atoms with Crippen LogP contribution in [0.15, 0.2) is 36.4 Å². The lowest BCUT2D eigenvalue weighted by Gasteiger charge is -2.07. The molecule has 0 spiro atoms. The van der Waals surface area contributed by atoms with Crippen molar-refractivity contribution in [3.63, 3.8) is 0 Å². The van der Waals surface area contributed by atoms with Gasteiger partial charge in [0.25, 0.3) is 0 Å². The first-order valence-electron chi connectivity index (χ1n) is 10.6. The second kappa shape index (κ2) is 14.8. The third-order valence-corrected chi connectivity index (χ3v) is 4.71. The summed E-state index contributed by atoms with van der Waals surface area (Å²) in [7, 11) is 0. The Morgan fingerprint density at radius 3 is 1.93 bits per heavy atom. The molecule has 28 heavy (non-hydrogen) atoms. The summed E-state index contributed by atoms with van der Waals surface area (Å²) in [5, 5.41) is 28.7. The predicted octanol–water partition coefficient (Wildman–Crippen LogP) is 6.80. The maximum absolute atomic E-state index is 12.1. The van der Waals surface area contributed by atoms with E-state index in [1.165, 1.54) is 32.1 Å². The van der Waals surface area contributed by atoms with Crippen molar-refractivity contribution in [1.29, 1.82) is 0 Å². The lowest BCUT2D eigenvalue weighted by atomic mass is 10.0. The largest absolute Gasteiger partial charge is 0.508 e. The molecule has 0 bridgehead atoms. The van der Waals surface area contributed by atoms with Gasteiger partial charge in [-0.3, -0.25) is 4.79 Å². The van der Waals surface area contributed by atoms with Crippen molar-refractivity contribution in [2.45, 2.75) is 84.0 Å². The second-order valence-corrected chi connectivity index (χ2v) is 7.26. The highest BCUT2D eigenvalue weighted by Gasteiger charge is 2.17. The molecule has 1 aromatic carbocycles. The fourth-order valence-corrected chi connectivity index (χ4v) is 3.09. The van der Waals surface area contributed by atoms with Crippen LogP contribution in [0.25, 0.3) is 0 Å². The number of hydrogen-bond donors (Lipinski definition) is 3. The first-order chi connectivity index (χ1) is 13.6. The zero-order valence-corrected chi connectivity index (χ0v) is 17.2. The van der Waals surface area contributed by atoms with E-state index in [-0.39, 0.29) is 28.6 Å². The second-order valence-electron chi connectivity index (χ2n) is 7.26. The van der Waals surface area contributed by atoms with Crippen LogP contribution < -0.4 is 0 Å². The van der Waals surface area contributed by atoms with Crippen molar-refractivity contribution in [2.75, 3.05) is 0 Å². The van der Waals surface area contributed by atoms with Crippen molar-refractivity contribution in [2.24, 2.45) is 0 Å². The highest BCUT2D eigenvalue weighted by molar-refractivity contribution is 6.01. The molecule has 3 N–H and O–H groups in total. The number of unbranched alkanes of at least 4 members (excludes halogenated alkanes) is 8. The van der Waals surface area contributed by atoms with Gasteiger partial charge in [0.05, 0.1) is 0 Å². The van der Waals surface area contributed by atoms with E-state index in [2.05, 4.69) is 31.2 Å². The monoisotopic (exact) mass is 388 g/mol. The van der Waals surface area contributed by atoms with E-state index in [9.17, 15) is 20.1 Å². The van der Waals surface area contributed by atoms with Gasteiger partial charge < -0.3 is 15.3 Å². The number of benzene rings is 1. The Labute approximate surface area is 169 Å². The molecule has 0 radical (unpaired) electrons. The van der Waals surface area contributed by atoms with Crippen LogP contribution in [0.3, 0.4) is 0 Å². The van der Waals surface area contributed by atoms with Gasteiger partial charge in [0, 0.05) is 18.6 Å². The number of phenols is 3. The van der Waals surface area contributed by atoms with Gasteiger partial charge >= 0.3 is 0 Å². The molecule has 0 atom stereocenters. The number of hydrogen-bond acceptors (Lipinski definition) is 4. The quantitative estimate of drug-likeness (QED) is 0.175. The molecule has 0 saturated heterocycles. The number of carbonyl (C=O) groups is 1. The van der Waals surface area contributed by atoms with E-state index < -0.39 is 0 Å². The number of allylic oxidation sites excluding steroid dienone is 4. The highest BCUT2D eigenvalue weighted by Crippen LogP contribution is 2.33. The van der Waals surface area contributed by atoms with E-state index in [4.69, 9.17) is 0 Å². The number of rotatable bonds is 15. The molecule has 0 aromatic heterocycles. The summed E-state index contributed by atoms with van der Waals surface area (Å²) >= 11 is 0. The van der Waals surface area contributed by atoms with Crippen molar-refractivity contribution in [3.05, 3.63) is 42.0 Å². The normalized spacial score (nSPS) is 11.6. The molecule has 0 aliphatic carbocycles. The molecule has 1 aromatic rings. The maximum Gasteiger partial charge on any atom is 0.170 e. The minimum absolute atomic E-state index is 0.0928. The van der Waals surface area contributed by atoms with Crippen LogP contribution in [-0.2, 0) is 0 Å². The van der Waals surface area contributed by atoms with Crippen LogP contribution in [0, 0.1) is 0 Å². The van der Waals surface area contributed by atoms with Crippen molar-refractivity contribution < 1.29 is 20.1 Å². The van der Waals surface area contributed by atoms with Crippen LogP contribution in [0.5, 0.6) is 17.2 Å². The molecule has 4 heteroatoms. The molecular weight excluding hydrogens is 352 g/mol. The lowest BCUT2D eigenvalue weighted by molar-refractivity contribution is 0.0973. The zero-order chi connectivity index (χ0) is 20.6. The molecule has 156 valence electrons. The molecule has 0 fully saturated rings. The van der Waals surface area contributed by atoms with E-state index >= 15 is 0 Å². The first kappa shape index (κ1) is 23.8. The van der Waals surface area contributed by atoms with Gasteiger partial charge in [-0.25, -0.2) is 0 Å². The van der Waals surface area contributed by atoms with E-state index in [1.54, 1.807) is 0 Å². The lowest BCUT2D eigenvalue weighted by Crippen LogP contribution is -2.00. The molecule has 0 saturated carbocycles. The van der Waals surface area contributed by atoms with Crippen LogP contribution in [0.4, 0.5) is 0 Å². The van der Waals surface area contributed by atoms with Gasteiger partial charge in [-0.2, -0.15) is 0 Å². The summed E-state index contributed by atoms with van der Waals surface area (Å²) in [6.07, 6.45) is 21.5. The topological polar surface area (TPSA) is 77.8 Å². The number of ketones is 1. The van der Waals surface area contributed by atoms with Gasteiger partial charge in [0.2, 0.25) is 0 Å². The molecule has 0 aliphatic heterocycles. The van der Waals surface area contributed by atoms with Gasteiger partial charge in [-0.15, -0.1) is 0 Å². The number of Topliss-reactive ketones (excluding diaryl/α,β-unsaturated/α-hetero) is 1. The molecule has 0 unspecified atom stereocenters. The Kier molecular flexibility index (Phi) is 12.6. The number of carbonyl (C=O) groups excluding carboxylic acids is 1. The SMILES string of the molecule is CCCCC=CCC=CCCCCCCCCC(=O)c1c(O)cc(O)cc1O. The van der Waals surface area contributed by atoms with Crippen molar-refractivity contribution in [3.8, 4) is 17.2 Å².